The van der Waals surface area contributed by atoms with Crippen molar-refractivity contribution in [3.05, 3.63) is 42.0 Å². The zero-order chi connectivity index (χ0) is 23.8. The van der Waals surface area contributed by atoms with Gasteiger partial charge in [0.2, 0.25) is 15.9 Å². The molecule has 1 aliphatic rings. The Labute approximate surface area is 196 Å². The first kappa shape index (κ1) is 24.9. The second kappa shape index (κ2) is 11.4. The van der Waals surface area contributed by atoms with Crippen molar-refractivity contribution in [2.75, 3.05) is 43.5 Å². The fourth-order valence-electron chi connectivity index (χ4n) is 3.72. The molecule has 2 aromatic rings. The number of carbonyl (C=O) groups is 1. The van der Waals surface area contributed by atoms with Gasteiger partial charge in [-0.05, 0) is 63.4 Å². The Morgan fingerprint density at radius 3 is 2.36 bits per heavy atom. The predicted octanol–water partition coefficient (Wildman–Crippen LogP) is 4.02. The first-order valence-corrected chi connectivity index (χ1v) is 12.8. The summed E-state index contributed by atoms with van der Waals surface area (Å²) in [5, 5.41) is 5.90. The number of nitrogens with zero attached hydrogens (tertiary/aromatic N) is 1. The van der Waals surface area contributed by atoms with Crippen LogP contribution in [0.2, 0.25) is 0 Å². The minimum Gasteiger partial charge on any atom is -0.490 e. The van der Waals surface area contributed by atoms with Gasteiger partial charge < -0.3 is 20.1 Å². The third-order valence-corrected chi connectivity index (χ3v) is 7.32. The van der Waals surface area contributed by atoms with Crippen molar-refractivity contribution >= 4 is 27.3 Å². The number of amides is 1. The summed E-state index contributed by atoms with van der Waals surface area (Å²) >= 11 is 0. The van der Waals surface area contributed by atoms with Crippen LogP contribution in [0.25, 0.3) is 0 Å². The van der Waals surface area contributed by atoms with Crippen LogP contribution in [0.4, 0.5) is 11.4 Å². The van der Waals surface area contributed by atoms with Crippen LogP contribution in [-0.2, 0) is 14.8 Å². The molecule has 2 N–H and O–H groups in total. The SMILES string of the molecule is CCOc1ccc(NC(=O)CNc2cc(S(=O)(=O)N3CCCCC3)ccc2C)cc1OCC. The van der Waals surface area contributed by atoms with Crippen LogP contribution in [0.15, 0.2) is 41.3 Å². The molecular formula is C24H33N3O5S. The molecule has 0 atom stereocenters. The van der Waals surface area contributed by atoms with Crippen molar-refractivity contribution in [1.29, 1.82) is 0 Å². The first-order valence-electron chi connectivity index (χ1n) is 11.4. The van der Waals surface area contributed by atoms with E-state index in [-0.39, 0.29) is 17.3 Å². The molecule has 1 heterocycles. The molecule has 1 fully saturated rings. The third-order valence-electron chi connectivity index (χ3n) is 5.43. The Bertz CT molecular complexity index is 1070. The van der Waals surface area contributed by atoms with Crippen molar-refractivity contribution in [3.63, 3.8) is 0 Å². The van der Waals surface area contributed by atoms with Crippen LogP contribution in [0.3, 0.4) is 0 Å². The average Bonchev–Trinajstić information content (AvgIpc) is 2.81. The van der Waals surface area contributed by atoms with Gasteiger partial charge >= 0.3 is 0 Å². The molecule has 3 rings (SSSR count). The number of sulfonamides is 1. The van der Waals surface area contributed by atoms with Gasteiger partial charge in [-0.3, -0.25) is 4.79 Å². The highest BCUT2D eigenvalue weighted by molar-refractivity contribution is 7.89. The maximum absolute atomic E-state index is 13.0. The van der Waals surface area contributed by atoms with Crippen LogP contribution in [0.1, 0.15) is 38.7 Å². The lowest BCUT2D eigenvalue weighted by Gasteiger charge is -2.26. The van der Waals surface area contributed by atoms with Gasteiger partial charge in [0, 0.05) is 30.5 Å². The number of hydrogen-bond donors (Lipinski definition) is 2. The van der Waals surface area contributed by atoms with Crippen molar-refractivity contribution < 1.29 is 22.7 Å². The van der Waals surface area contributed by atoms with E-state index < -0.39 is 10.0 Å². The van der Waals surface area contributed by atoms with E-state index in [1.54, 1.807) is 40.7 Å². The number of carbonyl (C=O) groups excluding carboxylic acids is 1. The molecule has 0 bridgehead atoms. The molecule has 1 saturated heterocycles. The number of piperidine rings is 1. The normalized spacial score (nSPS) is 14.5. The second-order valence-corrected chi connectivity index (χ2v) is 9.81. The summed E-state index contributed by atoms with van der Waals surface area (Å²) in [7, 11) is -3.54. The van der Waals surface area contributed by atoms with E-state index in [0.29, 0.717) is 49.2 Å². The minimum absolute atomic E-state index is 0.00870. The van der Waals surface area contributed by atoms with Gasteiger partial charge in [0.25, 0.3) is 0 Å². The van der Waals surface area contributed by atoms with Crippen LogP contribution in [0, 0.1) is 6.92 Å². The molecule has 1 amide bonds. The highest BCUT2D eigenvalue weighted by Crippen LogP contribution is 2.31. The summed E-state index contributed by atoms with van der Waals surface area (Å²) in [6, 6.07) is 10.2. The Hall–Kier alpha value is -2.78. The zero-order valence-corrected chi connectivity index (χ0v) is 20.3. The third kappa shape index (κ3) is 6.39. The van der Waals surface area contributed by atoms with Gasteiger partial charge in [0.05, 0.1) is 24.7 Å². The molecule has 0 spiro atoms. The van der Waals surface area contributed by atoms with Gasteiger partial charge in [-0.2, -0.15) is 4.31 Å². The number of benzene rings is 2. The second-order valence-electron chi connectivity index (χ2n) is 7.87. The predicted molar refractivity (Wildman–Crippen MR) is 130 cm³/mol. The molecular weight excluding hydrogens is 442 g/mol. The topological polar surface area (TPSA) is 97.0 Å². The molecule has 0 saturated carbocycles. The Kier molecular flexibility index (Phi) is 8.57. The summed E-state index contributed by atoms with van der Waals surface area (Å²) in [6.07, 6.45) is 2.82. The van der Waals surface area contributed by atoms with E-state index in [2.05, 4.69) is 10.6 Å². The summed E-state index contributed by atoms with van der Waals surface area (Å²) in [6.45, 7) is 7.74. The summed E-state index contributed by atoms with van der Waals surface area (Å²) in [5.41, 5.74) is 2.07. The van der Waals surface area contributed by atoms with Crippen molar-refractivity contribution in [1.82, 2.24) is 4.31 Å². The Morgan fingerprint density at radius 2 is 1.67 bits per heavy atom. The summed E-state index contributed by atoms with van der Waals surface area (Å²) in [5.74, 6) is 0.930. The molecule has 0 unspecified atom stereocenters. The van der Waals surface area contributed by atoms with E-state index >= 15 is 0 Å². The molecule has 1 aliphatic heterocycles. The van der Waals surface area contributed by atoms with E-state index in [4.69, 9.17) is 9.47 Å². The van der Waals surface area contributed by atoms with E-state index in [1.165, 1.54) is 0 Å². The van der Waals surface area contributed by atoms with Crippen LogP contribution in [0.5, 0.6) is 11.5 Å². The Morgan fingerprint density at radius 1 is 0.970 bits per heavy atom. The Balaban J connectivity index is 1.66. The van der Waals surface area contributed by atoms with Gasteiger partial charge in [0.1, 0.15) is 0 Å². The van der Waals surface area contributed by atoms with E-state index in [0.717, 1.165) is 24.8 Å². The molecule has 0 aromatic heterocycles. The summed E-state index contributed by atoms with van der Waals surface area (Å²) in [4.78, 5) is 12.8. The fourth-order valence-corrected chi connectivity index (χ4v) is 5.26. The maximum Gasteiger partial charge on any atom is 0.243 e. The number of nitrogens with one attached hydrogen (secondary N) is 2. The van der Waals surface area contributed by atoms with Crippen molar-refractivity contribution in [2.45, 2.75) is 44.9 Å². The largest absolute Gasteiger partial charge is 0.490 e. The lowest BCUT2D eigenvalue weighted by molar-refractivity contribution is -0.114. The molecule has 9 heteroatoms. The van der Waals surface area contributed by atoms with Crippen LogP contribution < -0.4 is 20.1 Å². The maximum atomic E-state index is 13.0. The number of rotatable bonds is 10. The molecule has 180 valence electrons. The molecule has 0 radical (unpaired) electrons. The van der Waals surface area contributed by atoms with Crippen molar-refractivity contribution in [3.8, 4) is 11.5 Å². The van der Waals surface area contributed by atoms with Crippen LogP contribution >= 0.6 is 0 Å². The van der Waals surface area contributed by atoms with E-state index in [1.807, 2.05) is 20.8 Å². The molecule has 0 aliphatic carbocycles. The van der Waals surface area contributed by atoms with Gasteiger partial charge in [-0.1, -0.05) is 12.5 Å². The standard InChI is InChI=1S/C24H33N3O5S/c1-4-31-22-12-10-19(15-23(22)32-5-2)26-24(28)17-25-21-16-20(11-9-18(21)3)33(29,30)27-13-7-6-8-14-27/h9-12,15-16,25H,4-8,13-14,17H2,1-3H3,(H,26,28). The fraction of sp³-hybridized carbons (Fsp3) is 0.458. The number of aryl methyl sites for hydroxylation is 1. The minimum atomic E-state index is -3.54. The highest BCUT2D eigenvalue weighted by atomic mass is 32.2. The van der Waals surface area contributed by atoms with Gasteiger partial charge in [0.15, 0.2) is 11.5 Å². The quantitative estimate of drug-likeness (QED) is 0.539. The molecule has 8 nitrogen and oxygen atoms in total. The lowest BCUT2D eigenvalue weighted by atomic mass is 10.2. The number of anilines is 2. The monoisotopic (exact) mass is 475 g/mol. The summed E-state index contributed by atoms with van der Waals surface area (Å²) < 4.78 is 38.7. The van der Waals surface area contributed by atoms with Crippen LogP contribution in [-0.4, -0.2) is 51.5 Å². The molecule has 2 aromatic carbocycles. The first-order chi connectivity index (χ1) is 15.8. The smallest absolute Gasteiger partial charge is 0.243 e. The van der Waals surface area contributed by atoms with Crippen molar-refractivity contribution in [2.24, 2.45) is 0 Å². The number of hydrogen-bond acceptors (Lipinski definition) is 6. The zero-order valence-electron chi connectivity index (χ0n) is 19.5. The van der Waals surface area contributed by atoms with Gasteiger partial charge in [-0.15, -0.1) is 0 Å². The average molecular weight is 476 g/mol. The van der Waals surface area contributed by atoms with E-state index in [9.17, 15) is 13.2 Å². The lowest BCUT2D eigenvalue weighted by Crippen LogP contribution is -2.35. The highest BCUT2D eigenvalue weighted by Gasteiger charge is 2.26. The molecule has 33 heavy (non-hydrogen) atoms. The van der Waals surface area contributed by atoms with Gasteiger partial charge in [-0.25, -0.2) is 8.42 Å². The number of ether oxygens (including phenoxy) is 2.